The fourth-order valence-corrected chi connectivity index (χ4v) is 3.10. The molecule has 1 aliphatic heterocycles. The number of methoxy groups -OCH3 is 1. The monoisotopic (exact) mass is 376 g/mol. The van der Waals surface area contributed by atoms with Crippen molar-refractivity contribution in [3.63, 3.8) is 0 Å². The molecule has 0 saturated carbocycles. The van der Waals surface area contributed by atoms with E-state index in [4.69, 9.17) is 21.1 Å². The number of carbonyl (C=O) groups is 1. The van der Waals surface area contributed by atoms with Gasteiger partial charge in [-0.3, -0.25) is 9.79 Å². The lowest BCUT2D eigenvalue weighted by Crippen LogP contribution is -2.27. The van der Waals surface area contributed by atoms with Crippen molar-refractivity contribution in [2.75, 3.05) is 19.4 Å². The van der Waals surface area contributed by atoms with Crippen molar-refractivity contribution in [1.82, 2.24) is 5.32 Å². The van der Waals surface area contributed by atoms with Crippen LogP contribution in [0.15, 0.2) is 47.5 Å². The third kappa shape index (κ3) is 4.67. The number of halogens is 1. The van der Waals surface area contributed by atoms with Crippen LogP contribution in [0, 0.1) is 0 Å². The van der Waals surface area contributed by atoms with Crippen molar-refractivity contribution < 1.29 is 14.3 Å². The number of benzene rings is 2. The maximum Gasteiger partial charge on any atom is 0.257 e. The van der Waals surface area contributed by atoms with E-state index < -0.39 is 0 Å². The standard InChI is InChI=1S/C18H17ClN2O3S/c1-23-16-10-13(17(22)21-18-20-8-9-25-18)4-7-15(16)24-11-12-2-5-14(19)6-3-12/h2-7,10H,8-9,11H2,1H3,(H,20,21,22). The van der Waals surface area contributed by atoms with Gasteiger partial charge >= 0.3 is 0 Å². The van der Waals surface area contributed by atoms with E-state index in [1.807, 2.05) is 24.3 Å². The summed E-state index contributed by atoms with van der Waals surface area (Å²) in [5, 5.41) is 4.14. The number of nitrogens with one attached hydrogen (secondary N) is 1. The Balaban J connectivity index is 1.68. The molecule has 0 aromatic heterocycles. The van der Waals surface area contributed by atoms with Crippen LogP contribution < -0.4 is 14.8 Å². The zero-order chi connectivity index (χ0) is 17.6. The molecule has 130 valence electrons. The Labute approximate surface area is 155 Å². The molecule has 25 heavy (non-hydrogen) atoms. The molecule has 2 aromatic carbocycles. The first kappa shape index (κ1) is 17.6. The first-order chi connectivity index (χ1) is 12.2. The number of hydrogen-bond acceptors (Lipinski definition) is 5. The summed E-state index contributed by atoms with van der Waals surface area (Å²) in [7, 11) is 1.54. The van der Waals surface area contributed by atoms with Crippen LogP contribution in [0.5, 0.6) is 11.5 Å². The van der Waals surface area contributed by atoms with Gasteiger partial charge in [0.15, 0.2) is 16.7 Å². The van der Waals surface area contributed by atoms with Crippen molar-refractivity contribution in [2.45, 2.75) is 6.61 Å². The van der Waals surface area contributed by atoms with Crippen LogP contribution in [0.4, 0.5) is 0 Å². The van der Waals surface area contributed by atoms with Crippen molar-refractivity contribution in [3.05, 3.63) is 58.6 Å². The minimum Gasteiger partial charge on any atom is -0.493 e. The third-order valence-corrected chi connectivity index (χ3v) is 4.68. The molecule has 0 saturated heterocycles. The van der Waals surface area contributed by atoms with Crippen LogP contribution >= 0.6 is 23.4 Å². The number of amides is 1. The molecular formula is C18H17ClN2O3S. The number of carbonyl (C=O) groups excluding carboxylic acids is 1. The van der Waals surface area contributed by atoms with Crippen LogP contribution in [0.3, 0.4) is 0 Å². The largest absolute Gasteiger partial charge is 0.493 e. The van der Waals surface area contributed by atoms with E-state index in [9.17, 15) is 4.79 Å². The SMILES string of the molecule is COc1cc(C(=O)NC2=NCCS2)ccc1OCc1ccc(Cl)cc1. The Bertz CT molecular complexity index is 793. The molecule has 0 spiro atoms. The van der Waals surface area contributed by atoms with Crippen LogP contribution in [0.2, 0.25) is 5.02 Å². The summed E-state index contributed by atoms with van der Waals surface area (Å²) in [6.45, 7) is 1.12. The minimum absolute atomic E-state index is 0.212. The maximum absolute atomic E-state index is 12.3. The second-order valence-corrected chi connectivity index (χ2v) is 6.79. The number of thioether (sulfide) groups is 1. The molecule has 1 heterocycles. The van der Waals surface area contributed by atoms with Gasteiger partial charge in [-0.2, -0.15) is 0 Å². The van der Waals surface area contributed by atoms with Gasteiger partial charge in [0.05, 0.1) is 13.7 Å². The highest BCUT2D eigenvalue weighted by Crippen LogP contribution is 2.29. The van der Waals surface area contributed by atoms with E-state index in [1.165, 1.54) is 11.8 Å². The van der Waals surface area contributed by atoms with Gasteiger partial charge < -0.3 is 14.8 Å². The van der Waals surface area contributed by atoms with Crippen molar-refractivity contribution >= 4 is 34.4 Å². The molecule has 1 amide bonds. The summed E-state index contributed by atoms with van der Waals surface area (Å²) < 4.78 is 11.1. The highest BCUT2D eigenvalue weighted by atomic mass is 35.5. The van der Waals surface area contributed by atoms with Crippen molar-refractivity contribution in [3.8, 4) is 11.5 Å². The predicted octanol–water partition coefficient (Wildman–Crippen LogP) is 3.76. The van der Waals surface area contributed by atoms with Crippen LogP contribution in [0.1, 0.15) is 15.9 Å². The lowest BCUT2D eigenvalue weighted by Gasteiger charge is -2.12. The molecular weight excluding hydrogens is 360 g/mol. The molecule has 5 nitrogen and oxygen atoms in total. The molecule has 0 radical (unpaired) electrons. The zero-order valence-corrected chi connectivity index (χ0v) is 15.2. The molecule has 0 atom stereocenters. The Morgan fingerprint density at radius 2 is 2.04 bits per heavy atom. The highest BCUT2D eigenvalue weighted by molar-refractivity contribution is 8.14. The summed E-state index contributed by atoms with van der Waals surface area (Å²) in [4.78, 5) is 16.5. The first-order valence-corrected chi connectivity index (χ1v) is 9.06. The number of hydrogen-bond donors (Lipinski definition) is 1. The van der Waals surface area contributed by atoms with E-state index in [0.717, 1.165) is 17.9 Å². The van der Waals surface area contributed by atoms with Crippen molar-refractivity contribution in [1.29, 1.82) is 0 Å². The zero-order valence-electron chi connectivity index (χ0n) is 13.6. The molecule has 3 rings (SSSR count). The van der Waals surface area contributed by atoms with Gasteiger partial charge in [0.25, 0.3) is 5.91 Å². The van der Waals surface area contributed by atoms with Crippen molar-refractivity contribution in [2.24, 2.45) is 4.99 Å². The molecule has 0 bridgehead atoms. The topological polar surface area (TPSA) is 59.9 Å². The van der Waals surface area contributed by atoms with Gasteiger partial charge in [0.2, 0.25) is 0 Å². The number of aliphatic imine (C=N–C) groups is 1. The summed E-state index contributed by atoms with van der Waals surface area (Å²) in [6.07, 6.45) is 0. The summed E-state index contributed by atoms with van der Waals surface area (Å²) in [5.74, 6) is 1.76. The fourth-order valence-electron chi connectivity index (χ4n) is 2.25. The fraction of sp³-hybridized carbons (Fsp3) is 0.222. The summed E-state index contributed by atoms with van der Waals surface area (Å²) in [6, 6.07) is 12.5. The molecule has 1 aliphatic rings. The van der Waals surface area contributed by atoms with Gasteiger partial charge in [-0.1, -0.05) is 35.5 Å². The first-order valence-electron chi connectivity index (χ1n) is 7.69. The summed E-state index contributed by atoms with van der Waals surface area (Å²) >= 11 is 7.41. The van der Waals surface area contributed by atoms with Crippen LogP contribution in [-0.2, 0) is 6.61 Å². The average molecular weight is 377 g/mol. The van der Waals surface area contributed by atoms with E-state index >= 15 is 0 Å². The molecule has 0 aliphatic carbocycles. The van der Waals surface area contributed by atoms with Gasteiger partial charge in [-0.25, -0.2) is 0 Å². The second kappa shape index (κ2) is 8.27. The number of rotatable bonds is 5. The van der Waals surface area contributed by atoms with E-state index in [1.54, 1.807) is 25.3 Å². The Morgan fingerprint density at radius 3 is 2.72 bits per heavy atom. The lowest BCUT2D eigenvalue weighted by molar-refractivity contribution is 0.0977. The van der Waals surface area contributed by atoms with E-state index in [2.05, 4.69) is 10.3 Å². The number of ether oxygens (including phenoxy) is 2. The Hall–Kier alpha value is -2.18. The summed E-state index contributed by atoms with van der Waals surface area (Å²) in [5.41, 5.74) is 1.48. The van der Waals surface area contributed by atoms with Gasteiger partial charge in [0, 0.05) is 16.3 Å². The lowest BCUT2D eigenvalue weighted by atomic mass is 10.2. The minimum atomic E-state index is -0.212. The number of nitrogens with zero attached hydrogens (tertiary/aromatic N) is 1. The van der Waals surface area contributed by atoms with E-state index in [0.29, 0.717) is 33.9 Å². The maximum atomic E-state index is 12.3. The second-order valence-electron chi connectivity index (χ2n) is 5.27. The Morgan fingerprint density at radius 1 is 1.24 bits per heavy atom. The van der Waals surface area contributed by atoms with Gasteiger partial charge in [-0.15, -0.1) is 0 Å². The average Bonchev–Trinajstić information content (AvgIpc) is 3.14. The Kier molecular flexibility index (Phi) is 5.83. The third-order valence-electron chi connectivity index (χ3n) is 3.54. The molecule has 0 fully saturated rings. The van der Waals surface area contributed by atoms with Crippen LogP contribution in [-0.4, -0.2) is 30.5 Å². The molecule has 7 heteroatoms. The van der Waals surface area contributed by atoms with Gasteiger partial charge in [0.1, 0.15) is 6.61 Å². The molecule has 2 aromatic rings. The quantitative estimate of drug-likeness (QED) is 0.863. The van der Waals surface area contributed by atoms with Gasteiger partial charge in [-0.05, 0) is 35.9 Å². The normalized spacial score (nSPS) is 13.3. The molecule has 1 N–H and O–H groups in total. The molecule has 0 unspecified atom stereocenters. The number of amidine groups is 1. The highest BCUT2D eigenvalue weighted by Gasteiger charge is 2.15. The smallest absolute Gasteiger partial charge is 0.257 e. The van der Waals surface area contributed by atoms with E-state index in [-0.39, 0.29) is 5.91 Å². The predicted molar refractivity (Wildman–Crippen MR) is 101 cm³/mol. The van der Waals surface area contributed by atoms with Crippen LogP contribution in [0.25, 0.3) is 0 Å².